The van der Waals surface area contributed by atoms with Gasteiger partial charge in [0.2, 0.25) is 6.61 Å². The number of ether oxygens (including phenoxy) is 2. The van der Waals surface area contributed by atoms with Crippen molar-refractivity contribution >= 4 is 17.9 Å². The van der Waals surface area contributed by atoms with Crippen molar-refractivity contribution in [2.24, 2.45) is 5.16 Å². The monoisotopic (exact) mass is 394 g/mol. The molecule has 1 aliphatic rings. The van der Waals surface area contributed by atoms with Gasteiger partial charge in [-0.15, -0.1) is 0 Å². The fourth-order valence-electron chi connectivity index (χ4n) is 2.87. The number of oxime groups is 1. The zero-order valence-electron chi connectivity index (χ0n) is 16.7. The molecule has 0 unspecified atom stereocenters. The molecule has 0 aliphatic carbocycles. The van der Waals surface area contributed by atoms with Crippen molar-refractivity contribution in [2.45, 2.75) is 13.5 Å². The maximum atomic E-state index is 12.0. The van der Waals surface area contributed by atoms with Crippen LogP contribution in [0, 0.1) is 6.92 Å². The highest BCUT2D eigenvalue weighted by Crippen LogP contribution is 2.11. The van der Waals surface area contributed by atoms with E-state index in [-0.39, 0.29) is 13.2 Å². The Morgan fingerprint density at radius 3 is 2.48 bits per heavy atom. The Morgan fingerprint density at radius 1 is 1.14 bits per heavy atom. The van der Waals surface area contributed by atoms with Gasteiger partial charge in [-0.2, -0.15) is 0 Å². The lowest BCUT2D eigenvalue weighted by Crippen LogP contribution is -2.41. The zero-order chi connectivity index (χ0) is 20.5. The van der Waals surface area contributed by atoms with Crippen LogP contribution in [0.25, 0.3) is 6.08 Å². The minimum atomic E-state index is -0.466. The van der Waals surface area contributed by atoms with Crippen molar-refractivity contribution in [3.8, 4) is 0 Å². The molecule has 0 N–H and O–H groups in total. The topological polar surface area (TPSA) is 60.4 Å². The largest absolute Gasteiger partial charge is 0.458 e. The number of benzene rings is 2. The smallest absolute Gasteiger partial charge is 0.347 e. The fraction of sp³-hybridized carbons (Fsp3) is 0.304. The summed E-state index contributed by atoms with van der Waals surface area (Å²) in [5.74, 6) is 0.230. The number of carbonyl (C=O) groups excluding carboxylic acids is 1. The molecule has 0 amide bonds. The standard InChI is InChI=1S/C23H26N2O4/c1-3-19-6-8-20(9-7-19)16-28-22(26)17-29-24-23(25-12-14-27-15-13-25)21-10-4-18(2)5-11-21/h3-11H,1,12-17H2,2H3/b24-23+. The van der Waals surface area contributed by atoms with Gasteiger partial charge in [-0.3, -0.25) is 0 Å². The van der Waals surface area contributed by atoms with Gasteiger partial charge in [0, 0.05) is 18.7 Å². The van der Waals surface area contributed by atoms with Crippen LogP contribution < -0.4 is 0 Å². The zero-order valence-corrected chi connectivity index (χ0v) is 16.7. The van der Waals surface area contributed by atoms with Crippen LogP contribution in [0.1, 0.15) is 22.3 Å². The lowest BCUT2D eigenvalue weighted by atomic mass is 10.1. The van der Waals surface area contributed by atoms with Gasteiger partial charge >= 0.3 is 5.97 Å². The van der Waals surface area contributed by atoms with E-state index in [1.54, 1.807) is 6.08 Å². The predicted molar refractivity (Wildman–Crippen MR) is 112 cm³/mol. The second kappa shape index (κ2) is 10.4. The summed E-state index contributed by atoms with van der Waals surface area (Å²) in [5.41, 5.74) is 4.03. The van der Waals surface area contributed by atoms with E-state index in [4.69, 9.17) is 14.3 Å². The molecule has 0 bridgehead atoms. The second-order valence-corrected chi connectivity index (χ2v) is 6.76. The van der Waals surface area contributed by atoms with Crippen LogP contribution in [0.3, 0.4) is 0 Å². The number of hydrogen-bond acceptors (Lipinski definition) is 5. The number of nitrogens with zero attached hydrogens (tertiary/aromatic N) is 2. The summed E-state index contributed by atoms with van der Waals surface area (Å²) in [6.07, 6.45) is 1.77. The fourth-order valence-corrected chi connectivity index (χ4v) is 2.87. The first-order valence-electron chi connectivity index (χ1n) is 9.62. The number of aryl methyl sites for hydroxylation is 1. The van der Waals surface area contributed by atoms with E-state index in [9.17, 15) is 4.79 Å². The predicted octanol–water partition coefficient (Wildman–Crippen LogP) is 3.39. The van der Waals surface area contributed by atoms with Crippen molar-refractivity contribution in [1.82, 2.24) is 4.90 Å². The summed E-state index contributed by atoms with van der Waals surface area (Å²) in [5, 5.41) is 4.24. The summed E-state index contributed by atoms with van der Waals surface area (Å²) < 4.78 is 10.7. The van der Waals surface area contributed by atoms with Gasteiger partial charge in [0.1, 0.15) is 6.61 Å². The number of hydrogen-bond donors (Lipinski definition) is 0. The molecule has 1 fully saturated rings. The minimum absolute atomic E-state index is 0.192. The normalized spacial score (nSPS) is 14.4. The molecule has 1 heterocycles. The summed E-state index contributed by atoms with van der Waals surface area (Å²) in [6.45, 7) is 8.42. The van der Waals surface area contributed by atoms with E-state index in [1.165, 1.54) is 5.56 Å². The van der Waals surface area contributed by atoms with Crippen molar-refractivity contribution in [3.63, 3.8) is 0 Å². The molecule has 0 aromatic heterocycles. The highest BCUT2D eigenvalue weighted by atomic mass is 16.7. The van der Waals surface area contributed by atoms with E-state index in [0.29, 0.717) is 19.0 Å². The highest BCUT2D eigenvalue weighted by Gasteiger charge is 2.18. The van der Waals surface area contributed by atoms with E-state index >= 15 is 0 Å². The van der Waals surface area contributed by atoms with Crippen molar-refractivity contribution in [2.75, 3.05) is 32.9 Å². The molecule has 1 aliphatic heterocycles. The first kappa shape index (κ1) is 20.6. The summed E-state index contributed by atoms with van der Waals surface area (Å²) in [6, 6.07) is 15.7. The van der Waals surface area contributed by atoms with Crippen LogP contribution in [0.15, 0.2) is 60.3 Å². The van der Waals surface area contributed by atoms with E-state index < -0.39 is 5.97 Å². The molecule has 0 saturated carbocycles. The third-order valence-electron chi connectivity index (χ3n) is 4.57. The lowest BCUT2D eigenvalue weighted by molar-refractivity contribution is -0.150. The molecule has 152 valence electrons. The molecule has 6 nitrogen and oxygen atoms in total. The molecule has 0 atom stereocenters. The third-order valence-corrected chi connectivity index (χ3v) is 4.57. The number of amidine groups is 1. The summed E-state index contributed by atoms with van der Waals surface area (Å²) in [7, 11) is 0. The van der Waals surface area contributed by atoms with Crippen molar-refractivity contribution < 1.29 is 19.1 Å². The molecule has 3 rings (SSSR count). The van der Waals surface area contributed by atoms with Gasteiger partial charge < -0.3 is 19.2 Å². The molecule has 2 aromatic carbocycles. The Hall–Kier alpha value is -3.12. The first-order chi connectivity index (χ1) is 14.2. The number of rotatable bonds is 7. The van der Waals surface area contributed by atoms with Gasteiger partial charge in [0.05, 0.1) is 13.2 Å². The van der Waals surface area contributed by atoms with Crippen LogP contribution >= 0.6 is 0 Å². The third kappa shape index (κ3) is 6.19. The van der Waals surface area contributed by atoms with Crippen molar-refractivity contribution in [3.05, 3.63) is 77.4 Å². The Kier molecular flexibility index (Phi) is 7.41. The molecule has 1 saturated heterocycles. The first-order valence-corrected chi connectivity index (χ1v) is 9.62. The molecule has 0 radical (unpaired) electrons. The molecule has 6 heteroatoms. The molecule has 0 spiro atoms. The quantitative estimate of drug-likeness (QED) is 0.312. The van der Waals surface area contributed by atoms with E-state index in [1.807, 2.05) is 55.5 Å². The molecule has 2 aromatic rings. The molecule has 29 heavy (non-hydrogen) atoms. The van der Waals surface area contributed by atoms with Crippen LogP contribution in [0.2, 0.25) is 0 Å². The highest BCUT2D eigenvalue weighted by molar-refractivity contribution is 5.98. The number of morpholine rings is 1. The van der Waals surface area contributed by atoms with E-state index in [2.05, 4.69) is 16.6 Å². The van der Waals surface area contributed by atoms with Gasteiger partial charge in [-0.25, -0.2) is 4.79 Å². The maximum Gasteiger partial charge on any atom is 0.347 e. The Bertz CT molecular complexity index is 838. The summed E-state index contributed by atoms with van der Waals surface area (Å²) in [4.78, 5) is 19.4. The van der Waals surface area contributed by atoms with Crippen molar-refractivity contribution in [1.29, 1.82) is 0 Å². The average molecular weight is 394 g/mol. The van der Waals surface area contributed by atoms with Crippen LogP contribution in [-0.2, 0) is 25.7 Å². The molecular formula is C23H26N2O4. The summed E-state index contributed by atoms with van der Waals surface area (Å²) >= 11 is 0. The number of esters is 1. The van der Waals surface area contributed by atoms with Crippen LogP contribution in [0.5, 0.6) is 0 Å². The SMILES string of the molecule is C=Cc1ccc(COC(=O)CO/N=C(\c2ccc(C)cc2)N2CCOCC2)cc1. The maximum absolute atomic E-state index is 12.0. The van der Waals surface area contributed by atoms with Crippen LogP contribution in [0.4, 0.5) is 0 Å². The van der Waals surface area contributed by atoms with Gasteiger partial charge in [-0.05, 0) is 18.1 Å². The average Bonchev–Trinajstić information content (AvgIpc) is 2.77. The van der Waals surface area contributed by atoms with E-state index in [0.717, 1.165) is 29.8 Å². The van der Waals surface area contributed by atoms with Gasteiger partial charge in [-0.1, -0.05) is 71.9 Å². The van der Waals surface area contributed by atoms with Gasteiger partial charge in [0.15, 0.2) is 5.84 Å². The second-order valence-electron chi connectivity index (χ2n) is 6.76. The lowest BCUT2D eigenvalue weighted by Gasteiger charge is -2.29. The Morgan fingerprint density at radius 2 is 1.83 bits per heavy atom. The number of carbonyl (C=O) groups is 1. The minimum Gasteiger partial charge on any atom is -0.458 e. The van der Waals surface area contributed by atoms with Crippen LogP contribution in [-0.4, -0.2) is 49.6 Å². The molecular weight excluding hydrogens is 368 g/mol. The van der Waals surface area contributed by atoms with Gasteiger partial charge in [0.25, 0.3) is 0 Å². The Labute approximate surface area is 171 Å². The Balaban J connectivity index is 1.57.